The Bertz CT molecular complexity index is 537. The van der Waals surface area contributed by atoms with Crippen LogP contribution < -0.4 is 10.1 Å². The first-order chi connectivity index (χ1) is 9.15. The predicted octanol–water partition coefficient (Wildman–Crippen LogP) is 4.45. The van der Waals surface area contributed by atoms with Gasteiger partial charge in [0, 0.05) is 12.2 Å². The van der Waals surface area contributed by atoms with Gasteiger partial charge in [0.05, 0.1) is 5.02 Å². The molecule has 0 aliphatic rings. The van der Waals surface area contributed by atoms with Crippen molar-refractivity contribution < 1.29 is 4.74 Å². The molecule has 100 valence electrons. The van der Waals surface area contributed by atoms with E-state index < -0.39 is 0 Å². The maximum Gasteiger partial charge on any atom is 0.137 e. The SMILES string of the molecule is Cc1ccc(NCCOc2ccc(C)cc2Cl)cc1. The van der Waals surface area contributed by atoms with Crippen molar-refractivity contribution in [3.05, 3.63) is 58.6 Å². The molecule has 0 radical (unpaired) electrons. The summed E-state index contributed by atoms with van der Waals surface area (Å²) in [6.07, 6.45) is 0. The maximum absolute atomic E-state index is 6.10. The fourth-order valence-electron chi connectivity index (χ4n) is 1.75. The summed E-state index contributed by atoms with van der Waals surface area (Å²) in [5.41, 5.74) is 3.49. The number of halogens is 1. The van der Waals surface area contributed by atoms with E-state index in [1.807, 2.05) is 25.1 Å². The Morgan fingerprint density at radius 2 is 1.68 bits per heavy atom. The maximum atomic E-state index is 6.10. The molecule has 0 aromatic heterocycles. The van der Waals surface area contributed by atoms with Gasteiger partial charge >= 0.3 is 0 Å². The lowest BCUT2D eigenvalue weighted by atomic mass is 10.2. The molecule has 0 amide bonds. The van der Waals surface area contributed by atoms with Crippen LogP contribution in [0, 0.1) is 13.8 Å². The molecule has 0 aliphatic heterocycles. The minimum absolute atomic E-state index is 0.580. The summed E-state index contributed by atoms with van der Waals surface area (Å²) < 4.78 is 5.64. The largest absolute Gasteiger partial charge is 0.490 e. The molecule has 0 aliphatic carbocycles. The van der Waals surface area contributed by atoms with Gasteiger partial charge in [0.1, 0.15) is 12.4 Å². The van der Waals surface area contributed by atoms with Gasteiger partial charge < -0.3 is 10.1 Å². The van der Waals surface area contributed by atoms with Crippen molar-refractivity contribution >= 4 is 17.3 Å². The standard InChI is InChI=1S/C16H18ClNO/c1-12-3-6-14(7-4-12)18-9-10-19-16-8-5-13(2)11-15(16)17/h3-8,11,18H,9-10H2,1-2H3. The highest BCUT2D eigenvalue weighted by atomic mass is 35.5. The summed E-state index contributed by atoms with van der Waals surface area (Å²) in [5, 5.41) is 3.97. The molecular weight excluding hydrogens is 258 g/mol. The quantitative estimate of drug-likeness (QED) is 0.814. The van der Waals surface area contributed by atoms with Crippen LogP contribution >= 0.6 is 11.6 Å². The zero-order valence-corrected chi connectivity index (χ0v) is 12.0. The van der Waals surface area contributed by atoms with Crippen LogP contribution in [0.1, 0.15) is 11.1 Å². The zero-order valence-electron chi connectivity index (χ0n) is 11.2. The number of hydrogen-bond acceptors (Lipinski definition) is 2. The summed E-state index contributed by atoms with van der Waals surface area (Å²) in [7, 11) is 0. The highest BCUT2D eigenvalue weighted by molar-refractivity contribution is 6.32. The normalized spacial score (nSPS) is 10.3. The summed E-state index contributed by atoms with van der Waals surface area (Å²) >= 11 is 6.10. The topological polar surface area (TPSA) is 21.3 Å². The van der Waals surface area contributed by atoms with Crippen LogP contribution in [0.4, 0.5) is 5.69 Å². The number of benzene rings is 2. The van der Waals surface area contributed by atoms with Crippen molar-refractivity contribution in [1.82, 2.24) is 0 Å². The Kier molecular flexibility index (Phi) is 4.69. The third-order valence-electron chi connectivity index (χ3n) is 2.83. The Morgan fingerprint density at radius 3 is 2.37 bits per heavy atom. The number of hydrogen-bond donors (Lipinski definition) is 1. The van der Waals surface area contributed by atoms with Crippen LogP contribution in [0.5, 0.6) is 5.75 Å². The number of nitrogens with one attached hydrogen (secondary N) is 1. The summed E-state index contributed by atoms with van der Waals surface area (Å²) in [6.45, 7) is 5.41. The average Bonchev–Trinajstić information content (AvgIpc) is 2.39. The van der Waals surface area contributed by atoms with E-state index in [1.165, 1.54) is 5.56 Å². The second-order valence-corrected chi connectivity index (χ2v) is 4.98. The molecule has 0 fully saturated rings. The predicted molar refractivity (Wildman–Crippen MR) is 81.4 cm³/mol. The Hall–Kier alpha value is -1.67. The number of aryl methyl sites for hydroxylation is 2. The van der Waals surface area contributed by atoms with E-state index in [0.717, 1.165) is 23.5 Å². The van der Waals surface area contributed by atoms with Crippen molar-refractivity contribution in [2.75, 3.05) is 18.5 Å². The molecule has 0 bridgehead atoms. The second-order valence-electron chi connectivity index (χ2n) is 4.58. The average molecular weight is 276 g/mol. The molecule has 0 heterocycles. The van der Waals surface area contributed by atoms with Gasteiger partial charge in [0.15, 0.2) is 0 Å². The smallest absolute Gasteiger partial charge is 0.137 e. The van der Waals surface area contributed by atoms with Crippen molar-refractivity contribution in [2.45, 2.75) is 13.8 Å². The summed E-state index contributed by atoms with van der Waals surface area (Å²) in [5.74, 6) is 0.734. The fraction of sp³-hybridized carbons (Fsp3) is 0.250. The first-order valence-corrected chi connectivity index (χ1v) is 6.72. The molecule has 0 spiro atoms. The molecule has 0 saturated carbocycles. The van der Waals surface area contributed by atoms with Crippen molar-refractivity contribution in [3.63, 3.8) is 0 Å². The van der Waals surface area contributed by atoms with Crippen LogP contribution in [0.25, 0.3) is 0 Å². The van der Waals surface area contributed by atoms with Gasteiger partial charge in [-0.2, -0.15) is 0 Å². The van der Waals surface area contributed by atoms with Gasteiger partial charge in [-0.15, -0.1) is 0 Å². The first kappa shape index (κ1) is 13.8. The monoisotopic (exact) mass is 275 g/mol. The van der Waals surface area contributed by atoms with Crippen molar-refractivity contribution in [2.24, 2.45) is 0 Å². The number of rotatable bonds is 5. The van der Waals surface area contributed by atoms with Crippen LogP contribution in [-0.2, 0) is 0 Å². The minimum atomic E-state index is 0.580. The summed E-state index contributed by atoms with van der Waals surface area (Å²) in [6, 6.07) is 14.1. The van der Waals surface area contributed by atoms with Crippen LogP contribution in [0.2, 0.25) is 5.02 Å². The van der Waals surface area contributed by atoms with Crippen LogP contribution in [0.15, 0.2) is 42.5 Å². The van der Waals surface area contributed by atoms with Gasteiger partial charge in [0.2, 0.25) is 0 Å². The van der Waals surface area contributed by atoms with E-state index in [0.29, 0.717) is 11.6 Å². The molecule has 3 heteroatoms. The van der Waals surface area contributed by atoms with E-state index in [4.69, 9.17) is 16.3 Å². The van der Waals surface area contributed by atoms with Crippen LogP contribution in [-0.4, -0.2) is 13.2 Å². The molecule has 2 aromatic carbocycles. The molecule has 19 heavy (non-hydrogen) atoms. The van der Waals surface area contributed by atoms with Crippen molar-refractivity contribution in [3.8, 4) is 5.75 Å². The lowest BCUT2D eigenvalue weighted by Gasteiger charge is -2.10. The summed E-state index contributed by atoms with van der Waals surface area (Å²) in [4.78, 5) is 0. The van der Waals surface area contributed by atoms with Crippen molar-refractivity contribution in [1.29, 1.82) is 0 Å². The van der Waals surface area contributed by atoms with E-state index >= 15 is 0 Å². The third kappa shape index (κ3) is 4.18. The molecular formula is C16H18ClNO. The zero-order chi connectivity index (χ0) is 13.7. The van der Waals surface area contributed by atoms with Gasteiger partial charge in [-0.05, 0) is 43.7 Å². The van der Waals surface area contributed by atoms with E-state index in [1.54, 1.807) is 0 Å². The second kappa shape index (κ2) is 6.48. The Balaban J connectivity index is 1.79. The van der Waals surface area contributed by atoms with Crippen LogP contribution in [0.3, 0.4) is 0 Å². The van der Waals surface area contributed by atoms with E-state index in [2.05, 4.69) is 36.5 Å². The molecule has 2 aromatic rings. The molecule has 0 atom stereocenters. The van der Waals surface area contributed by atoms with E-state index in [9.17, 15) is 0 Å². The van der Waals surface area contributed by atoms with Gasteiger partial charge in [-0.3, -0.25) is 0 Å². The number of ether oxygens (including phenoxy) is 1. The lowest BCUT2D eigenvalue weighted by Crippen LogP contribution is -2.11. The molecule has 0 unspecified atom stereocenters. The van der Waals surface area contributed by atoms with E-state index in [-0.39, 0.29) is 0 Å². The van der Waals surface area contributed by atoms with Gasteiger partial charge in [-0.25, -0.2) is 0 Å². The highest BCUT2D eigenvalue weighted by Gasteiger charge is 2.01. The lowest BCUT2D eigenvalue weighted by molar-refractivity contribution is 0.333. The highest BCUT2D eigenvalue weighted by Crippen LogP contribution is 2.24. The van der Waals surface area contributed by atoms with Gasteiger partial charge in [-0.1, -0.05) is 35.4 Å². The Morgan fingerprint density at radius 1 is 1.00 bits per heavy atom. The number of anilines is 1. The van der Waals surface area contributed by atoms with Gasteiger partial charge in [0.25, 0.3) is 0 Å². The first-order valence-electron chi connectivity index (χ1n) is 6.34. The minimum Gasteiger partial charge on any atom is -0.490 e. The third-order valence-corrected chi connectivity index (χ3v) is 3.12. The fourth-order valence-corrected chi connectivity index (χ4v) is 2.04. The molecule has 1 N–H and O–H groups in total. The Labute approximate surface area is 119 Å². The molecule has 2 rings (SSSR count). The molecule has 2 nitrogen and oxygen atoms in total. The molecule has 0 saturated heterocycles.